The molecule has 33 heavy (non-hydrogen) atoms. The standard InChI is InChI=1S/C28H54O5/c1-4-5-6-14-18-21-27(30)32-23-26(29)24-33-28(31)22-19-16-13-11-9-7-8-10-12-15-17-20-25(2)3/h25-26,29H,4-24H2,1-3H3/t26-/m0/s1. The molecule has 0 aliphatic heterocycles. The maximum atomic E-state index is 11.8. The summed E-state index contributed by atoms with van der Waals surface area (Å²) in [4.78, 5) is 23.4. The third kappa shape index (κ3) is 25.4. The zero-order valence-corrected chi connectivity index (χ0v) is 22.1. The smallest absolute Gasteiger partial charge is 0.305 e. The lowest BCUT2D eigenvalue weighted by molar-refractivity contribution is -0.152. The van der Waals surface area contributed by atoms with E-state index >= 15 is 0 Å². The van der Waals surface area contributed by atoms with Crippen molar-refractivity contribution in [2.24, 2.45) is 5.92 Å². The Kier molecular flexibility index (Phi) is 23.2. The summed E-state index contributed by atoms with van der Waals surface area (Å²) >= 11 is 0. The van der Waals surface area contributed by atoms with Crippen molar-refractivity contribution >= 4 is 11.9 Å². The van der Waals surface area contributed by atoms with E-state index in [0.717, 1.165) is 38.0 Å². The lowest BCUT2D eigenvalue weighted by Crippen LogP contribution is -2.25. The van der Waals surface area contributed by atoms with E-state index in [2.05, 4.69) is 20.8 Å². The van der Waals surface area contributed by atoms with Crippen molar-refractivity contribution in [1.29, 1.82) is 0 Å². The zero-order chi connectivity index (χ0) is 24.6. The van der Waals surface area contributed by atoms with Crippen LogP contribution >= 0.6 is 0 Å². The van der Waals surface area contributed by atoms with Gasteiger partial charge in [-0.05, 0) is 18.8 Å². The van der Waals surface area contributed by atoms with Gasteiger partial charge in [-0.15, -0.1) is 0 Å². The number of aliphatic hydroxyl groups excluding tert-OH is 1. The molecule has 0 amide bonds. The predicted octanol–water partition coefficient (Wildman–Crippen LogP) is 7.52. The van der Waals surface area contributed by atoms with Crippen LogP contribution in [0, 0.1) is 5.92 Å². The maximum Gasteiger partial charge on any atom is 0.305 e. The Morgan fingerprint density at radius 1 is 0.606 bits per heavy atom. The minimum atomic E-state index is -0.951. The van der Waals surface area contributed by atoms with Gasteiger partial charge in [0.1, 0.15) is 19.3 Å². The van der Waals surface area contributed by atoms with Crippen molar-refractivity contribution in [3.05, 3.63) is 0 Å². The summed E-state index contributed by atoms with van der Waals surface area (Å²) in [5.41, 5.74) is 0. The van der Waals surface area contributed by atoms with Crippen LogP contribution in [0.1, 0.15) is 143 Å². The number of esters is 2. The fourth-order valence-electron chi connectivity index (χ4n) is 3.86. The minimum Gasteiger partial charge on any atom is -0.463 e. The monoisotopic (exact) mass is 470 g/mol. The highest BCUT2D eigenvalue weighted by Crippen LogP contribution is 2.14. The molecule has 0 rings (SSSR count). The van der Waals surface area contributed by atoms with Crippen LogP contribution in [-0.4, -0.2) is 36.4 Å². The summed E-state index contributed by atoms with van der Waals surface area (Å²) in [6, 6.07) is 0. The lowest BCUT2D eigenvalue weighted by atomic mass is 10.0. The van der Waals surface area contributed by atoms with Crippen molar-refractivity contribution < 1.29 is 24.2 Å². The van der Waals surface area contributed by atoms with Crippen molar-refractivity contribution in [3.63, 3.8) is 0 Å². The Bertz CT molecular complexity index is 450. The highest BCUT2D eigenvalue weighted by atomic mass is 16.6. The lowest BCUT2D eigenvalue weighted by Gasteiger charge is -2.12. The third-order valence-corrected chi connectivity index (χ3v) is 6.02. The average molecular weight is 471 g/mol. The molecule has 0 aromatic carbocycles. The summed E-state index contributed by atoms with van der Waals surface area (Å²) in [7, 11) is 0. The number of aliphatic hydroxyl groups is 1. The maximum absolute atomic E-state index is 11.8. The van der Waals surface area contributed by atoms with E-state index < -0.39 is 6.10 Å². The highest BCUT2D eigenvalue weighted by molar-refractivity contribution is 5.69. The molecule has 196 valence electrons. The Morgan fingerprint density at radius 3 is 1.36 bits per heavy atom. The van der Waals surface area contributed by atoms with E-state index in [1.54, 1.807) is 0 Å². The van der Waals surface area contributed by atoms with Crippen LogP contribution in [0.3, 0.4) is 0 Å². The van der Waals surface area contributed by atoms with Crippen LogP contribution in [0.15, 0.2) is 0 Å². The fourth-order valence-corrected chi connectivity index (χ4v) is 3.86. The predicted molar refractivity (Wildman–Crippen MR) is 136 cm³/mol. The van der Waals surface area contributed by atoms with Gasteiger partial charge >= 0.3 is 11.9 Å². The molecule has 0 spiro atoms. The molecule has 0 heterocycles. The molecule has 0 aliphatic carbocycles. The topological polar surface area (TPSA) is 72.8 Å². The molecule has 0 radical (unpaired) electrons. The molecule has 0 bridgehead atoms. The molecule has 0 saturated carbocycles. The van der Waals surface area contributed by atoms with Gasteiger partial charge in [0, 0.05) is 12.8 Å². The second-order valence-corrected chi connectivity index (χ2v) is 10.0. The number of carbonyl (C=O) groups is 2. The molecule has 0 fully saturated rings. The van der Waals surface area contributed by atoms with Crippen LogP contribution in [0.5, 0.6) is 0 Å². The van der Waals surface area contributed by atoms with Gasteiger partial charge in [-0.25, -0.2) is 0 Å². The molecule has 0 aromatic heterocycles. The van der Waals surface area contributed by atoms with Gasteiger partial charge in [-0.3, -0.25) is 9.59 Å². The Morgan fingerprint density at radius 2 is 0.970 bits per heavy atom. The molecular weight excluding hydrogens is 416 g/mol. The van der Waals surface area contributed by atoms with E-state index in [-0.39, 0.29) is 25.2 Å². The second-order valence-electron chi connectivity index (χ2n) is 10.0. The Labute approximate surface area is 204 Å². The number of ether oxygens (including phenoxy) is 2. The van der Waals surface area contributed by atoms with Gasteiger partial charge < -0.3 is 14.6 Å². The van der Waals surface area contributed by atoms with Crippen molar-refractivity contribution in [1.82, 2.24) is 0 Å². The number of unbranched alkanes of at least 4 members (excludes halogenated alkanes) is 14. The summed E-state index contributed by atoms with van der Waals surface area (Å²) < 4.78 is 10.1. The number of hydrogen-bond donors (Lipinski definition) is 1. The molecular formula is C28H54O5. The Balaban J connectivity index is 3.40. The second kappa shape index (κ2) is 24.0. The van der Waals surface area contributed by atoms with Gasteiger partial charge in [-0.2, -0.15) is 0 Å². The Hall–Kier alpha value is -1.10. The molecule has 5 heteroatoms. The van der Waals surface area contributed by atoms with E-state index in [1.807, 2.05) is 0 Å². The first-order valence-electron chi connectivity index (χ1n) is 13.9. The molecule has 0 unspecified atom stereocenters. The number of hydrogen-bond acceptors (Lipinski definition) is 5. The van der Waals surface area contributed by atoms with Gasteiger partial charge in [-0.1, -0.05) is 117 Å². The van der Waals surface area contributed by atoms with E-state index in [4.69, 9.17) is 9.47 Å². The molecule has 0 aromatic rings. The summed E-state index contributed by atoms with van der Waals surface area (Å²) in [6.45, 7) is 6.53. The number of rotatable bonds is 24. The van der Waals surface area contributed by atoms with Crippen molar-refractivity contribution in [2.45, 2.75) is 149 Å². The van der Waals surface area contributed by atoms with E-state index in [1.165, 1.54) is 77.0 Å². The highest BCUT2D eigenvalue weighted by Gasteiger charge is 2.12. The van der Waals surface area contributed by atoms with Crippen LogP contribution in [0.2, 0.25) is 0 Å². The van der Waals surface area contributed by atoms with E-state index in [9.17, 15) is 14.7 Å². The van der Waals surface area contributed by atoms with Gasteiger partial charge in [0.15, 0.2) is 0 Å². The number of carbonyl (C=O) groups excluding carboxylic acids is 2. The van der Waals surface area contributed by atoms with E-state index in [0.29, 0.717) is 12.8 Å². The average Bonchev–Trinajstić information content (AvgIpc) is 2.79. The first-order valence-corrected chi connectivity index (χ1v) is 13.9. The van der Waals surface area contributed by atoms with Gasteiger partial charge in [0.25, 0.3) is 0 Å². The first kappa shape index (κ1) is 31.9. The first-order chi connectivity index (χ1) is 16.0. The molecule has 5 nitrogen and oxygen atoms in total. The van der Waals surface area contributed by atoms with Crippen LogP contribution < -0.4 is 0 Å². The largest absolute Gasteiger partial charge is 0.463 e. The third-order valence-electron chi connectivity index (χ3n) is 6.02. The van der Waals surface area contributed by atoms with Crippen LogP contribution in [0.4, 0.5) is 0 Å². The van der Waals surface area contributed by atoms with Crippen LogP contribution in [-0.2, 0) is 19.1 Å². The zero-order valence-electron chi connectivity index (χ0n) is 22.1. The van der Waals surface area contributed by atoms with Gasteiger partial charge in [0.05, 0.1) is 0 Å². The molecule has 1 N–H and O–H groups in total. The SMILES string of the molecule is CCCCCCCC(=O)OC[C@H](O)COC(=O)CCCCCCCCCCCCCC(C)C. The van der Waals surface area contributed by atoms with Crippen molar-refractivity contribution in [2.75, 3.05) is 13.2 Å². The molecule has 0 saturated heterocycles. The quantitative estimate of drug-likeness (QED) is 0.117. The van der Waals surface area contributed by atoms with Gasteiger partial charge in [0.2, 0.25) is 0 Å². The summed E-state index contributed by atoms with van der Waals surface area (Å²) in [6.07, 6.45) is 20.3. The molecule has 0 aliphatic rings. The molecule has 1 atom stereocenters. The van der Waals surface area contributed by atoms with Crippen molar-refractivity contribution in [3.8, 4) is 0 Å². The minimum absolute atomic E-state index is 0.111. The summed E-state index contributed by atoms with van der Waals surface area (Å²) in [5.74, 6) is 0.261. The fraction of sp³-hybridized carbons (Fsp3) is 0.929. The summed E-state index contributed by atoms with van der Waals surface area (Å²) in [5, 5.41) is 9.83. The van der Waals surface area contributed by atoms with Crippen LogP contribution in [0.25, 0.3) is 0 Å². The normalized spacial score (nSPS) is 12.2.